The minimum Gasteiger partial charge on any atom is -0.334 e. The molecule has 3 nitrogen and oxygen atoms in total. The highest BCUT2D eigenvalue weighted by atomic mass is 15.1. The summed E-state index contributed by atoms with van der Waals surface area (Å²) in [6.07, 6.45) is 6.90. The molecule has 2 rings (SSSR count). The van der Waals surface area contributed by atoms with E-state index in [0.717, 1.165) is 31.6 Å². The van der Waals surface area contributed by atoms with Gasteiger partial charge in [-0.2, -0.15) is 0 Å². The highest BCUT2D eigenvalue weighted by molar-refractivity contribution is 5.21. The Morgan fingerprint density at radius 2 is 2.00 bits per heavy atom. The molecule has 1 atom stereocenters. The normalized spacial score (nSPS) is 12.6. The fourth-order valence-electron chi connectivity index (χ4n) is 2.29. The van der Waals surface area contributed by atoms with Crippen LogP contribution >= 0.6 is 0 Å². The Hall–Kier alpha value is -1.61. The molecule has 0 spiro atoms. The maximum atomic E-state index is 6.26. The van der Waals surface area contributed by atoms with Crippen LogP contribution in [0.5, 0.6) is 0 Å². The summed E-state index contributed by atoms with van der Waals surface area (Å²) in [5.41, 5.74) is 8.90. The summed E-state index contributed by atoms with van der Waals surface area (Å²) in [5.74, 6) is 1.01. The van der Waals surface area contributed by atoms with E-state index in [1.807, 2.05) is 12.4 Å². The van der Waals surface area contributed by atoms with Gasteiger partial charge < -0.3 is 10.3 Å². The second-order valence-electron chi connectivity index (χ2n) is 5.11. The van der Waals surface area contributed by atoms with Crippen LogP contribution in [0.3, 0.4) is 0 Å². The molecule has 1 heterocycles. The van der Waals surface area contributed by atoms with Gasteiger partial charge in [0.2, 0.25) is 0 Å². The van der Waals surface area contributed by atoms with Gasteiger partial charge in [0.15, 0.2) is 0 Å². The maximum Gasteiger partial charge on any atom is 0.125 e. The Morgan fingerprint density at radius 3 is 2.68 bits per heavy atom. The van der Waals surface area contributed by atoms with E-state index >= 15 is 0 Å². The van der Waals surface area contributed by atoms with Crippen molar-refractivity contribution in [3.63, 3.8) is 0 Å². The Kier molecular flexibility index (Phi) is 4.74. The van der Waals surface area contributed by atoms with Gasteiger partial charge in [-0.3, -0.25) is 0 Å². The molecule has 0 saturated heterocycles. The lowest BCUT2D eigenvalue weighted by molar-refractivity contribution is 0.549. The quantitative estimate of drug-likeness (QED) is 0.863. The fourth-order valence-corrected chi connectivity index (χ4v) is 2.29. The standard InChI is InChI=1S/C16H23N3/c1-3-11-19-12-10-18-16(19)15(17)9-8-14-6-4-13(2)5-7-14/h4-7,10,12,15H,3,8-9,11,17H2,1-2H3. The number of rotatable bonds is 6. The van der Waals surface area contributed by atoms with Crippen molar-refractivity contribution in [2.45, 2.75) is 45.7 Å². The first-order valence-corrected chi connectivity index (χ1v) is 7.03. The van der Waals surface area contributed by atoms with Crippen molar-refractivity contribution in [3.8, 4) is 0 Å². The number of hydrogen-bond donors (Lipinski definition) is 1. The summed E-state index contributed by atoms with van der Waals surface area (Å²) < 4.78 is 2.17. The van der Waals surface area contributed by atoms with Gasteiger partial charge in [-0.25, -0.2) is 4.98 Å². The van der Waals surface area contributed by atoms with Gasteiger partial charge in [-0.1, -0.05) is 36.8 Å². The molecule has 1 unspecified atom stereocenters. The molecule has 0 aliphatic rings. The Balaban J connectivity index is 1.95. The van der Waals surface area contributed by atoms with Crippen molar-refractivity contribution in [1.29, 1.82) is 0 Å². The van der Waals surface area contributed by atoms with E-state index in [0.29, 0.717) is 0 Å². The van der Waals surface area contributed by atoms with E-state index in [1.54, 1.807) is 0 Å². The molecule has 0 amide bonds. The average Bonchev–Trinajstić information content (AvgIpc) is 2.86. The number of aryl methyl sites for hydroxylation is 3. The third kappa shape index (κ3) is 3.67. The molecule has 0 radical (unpaired) electrons. The highest BCUT2D eigenvalue weighted by Crippen LogP contribution is 2.16. The van der Waals surface area contributed by atoms with Crippen LogP contribution in [0, 0.1) is 6.92 Å². The number of imidazole rings is 1. The molecule has 0 aliphatic carbocycles. The Morgan fingerprint density at radius 1 is 1.26 bits per heavy atom. The summed E-state index contributed by atoms with van der Waals surface area (Å²) in [5, 5.41) is 0. The summed E-state index contributed by atoms with van der Waals surface area (Å²) in [6, 6.07) is 8.68. The third-order valence-electron chi connectivity index (χ3n) is 3.41. The lowest BCUT2D eigenvalue weighted by Crippen LogP contribution is -2.17. The van der Waals surface area contributed by atoms with Crippen LogP contribution in [0.25, 0.3) is 0 Å². The van der Waals surface area contributed by atoms with Gasteiger partial charge in [0.05, 0.1) is 6.04 Å². The molecule has 2 N–H and O–H groups in total. The van der Waals surface area contributed by atoms with Crippen LogP contribution in [0.15, 0.2) is 36.7 Å². The molecule has 19 heavy (non-hydrogen) atoms. The minimum atomic E-state index is 0.0165. The summed E-state index contributed by atoms with van der Waals surface area (Å²) in [4.78, 5) is 4.40. The van der Waals surface area contributed by atoms with Crippen molar-refractivity contribution in [3.05, 3.63) is 53.6 Å². The monoisotopic (exact) mass is 257 g/mol. The van der Waals surface area contributed by atoms with Gasteiger partial charge in [0, 0.05) is 18.9 Å². The molecule has 2 aromatic rings. The first kappa shape index (κ1) is 13.8. The molecule has 0 aliphatic heterocycles. The average molecular weight is 257 g/mol. The summed E-state index contributed by atoms with van der Waals surface area (Å²) >= 11 is 0. The van der Waals surface area contributed by atoms with Crippen LogP contribution < -0.4 is 5.73 Å². The van der Waals surface area contributed by atoms with Crippen LogP contribution in [-0.2, 0) is 13.0 Å². The molecule has 0 fully saturated rings. The topological polar surface area (TPSA) is 43.8 Å². The van der Waals surface area contributed by atoms with Crippen LogP contribution in [0.2, 0.25) is 0 Å². The first-order chi connectivity index (χ1) is 9.20. The maximum absolute atomic E-state index is 6.26. The Bertz CT molecular complexity index is 499. The lowest BCUT2D eigenvalue weighted by Gasteiger charge is -2.13. The zero-order valence-electron chi connectivity index (χ0n) is 11.8. The lowest BCUT2D eigenvalue weighted by atomic mass is 10.0. The third-order valence-corrected chi connectivity index (χ3v) is 3.41. The first-order valence-electron chi connectivity index (χ1n) is 7.03. The van der Waals surface area contributed by atoms with Gasteiger partial charge in [0.25, 0.3) is 0 Å². The molecule has 1 aromatic carbocycles. The highest BCUT2D eigenvalue weighted by Gasteiger charge is 2.12. The van der Waals surface area contributed by atoms with Crippen molar-refractivity contribution in [1.82, 2.24) is 9.55 Å². The molecular weight excluding hydrogens is 234 g/mol. The second kappa shape index (κ2) is 6.53. The molecule has 102 valence electrons. The zero-order valence-corrected chi connectivity index (χ0v) is 11.8. The number of nitrogens with two attached hydrogens (primary N) is 1. The molecule has 3 heteroatoms. The fraction of sp³-hybridized carbons (Fsp3) is 0.438. The van der Waals surface area contributed by atoms with E-state index < -0.39 is 0 Å². The van der Waals surface area contributed by atoms with Gasteiger partial charge in [0.1, 0.15) is 5.82 Å². The van der Waals surface area contributed by atoms with Crippen LogP contribution in [0.1, 0.15) is 42.8 Å². The van der Waals surface area contributed by atoms with Crippen molar-refractivity contribution >= 4 is 0 Å². The Labute approximate surface area is 115 Å². The van der Waals surface area contributed by atoms with Gasteiger partial charge in [-0.05, 0) is 31.7 Å². The molecule has 0 saturated carbocycles. The van der Waals surface area contributed by atoms with E-state index in [1.165, 1.54) is 11.1 Å². The predicted molar refractivity (Wildman–Crippen MR) is 78.9 cm³/mol. The van der Waals surface area contributed by atoms with E-state index in [2.05, 4.69) is 47.7 Å². The number of aromatic nitrogens is 2. The summed E-state index contributed by atoms with van der Waals surface area (Å²) in [6.45, 7) is 5.27. The van der Waals surface area contributed by atoms with E-state index in [9.17, 15) is 0 Å². The largest absolute Gasteiger partial charge is 0.334 e. The summed E-state index contributed by atoms with van der Waals surface area (Å²) in [7, 11) is 0. The number of nitrogens with zero attached hydrogens (tertiary/aromatic N) is 2. The molecular formula is C16H23N3. The smallest absolute Gasteiger partial charge is 0.125 e. The van der Waals surface area contributed by atoms with Crippen LogP contribution in [-0.4, -0.2) is 9.55 Å². The van der Waals surface area contributed by atoms with Crippen molar-refractivity contribution in [2.75, 3.05) is 0 Å². The number of hydrogen-bond acceptors (Lipinski definition) is 2. The van der Waals surface area contributed by atoms with Crippen molar-refractivity contribution in [2.24, 2.45) is 5.73 Å². The van der Waals surface area contributed by atoms with Gasteiger partial charge in [-0.15, -0.1) is 0 Å². The molecule has 0 bridgehead atoms. The zero-order chi connectivity index (χ0) is 13.7. The SMILES string of the molecule is CCCn1ccnc1C(N)CCc1ccc(C)cc1. The van der Waals surface area contributed by atoms with E-state index in [-0.39, 0.29) is 6.04 Å². The molecule has 1 aromatic heterocycles. The minimum absolute atomic E-state index is 0.0165. The van der Waals surface area contributed by atoms with Crippen LogP contribution in [0.4, 0.5) is 0 Å². The van der Waals surface area contributed by atoms with Gasteiger partial charge >= 0.3 is 0 Å². The van der Waals surface area contributed by atoms with E-state index in [4.69, 9.17) is 5.73 Å². The predicted octanol–water partition coefficient (Wildman–Crippen LogP) is 3.23. The van der Waals surface area contributed by atoms with Crippen molar-refractivity contribution < 1.29 is 0 Å². The number of benzene rings is 1. The second-order valence-corrected chi connectivity index (χ2v) is 5.11.